The zero-order chi connectivity index (χ0) is 20.3. The quantitative estimate of drug-likeness (QED) is 0.625. The van der Waals surface area contributed by atoms with E-state index in [-0.39, 0.29) is 17.9 Å². The molecule has 2 heterocycles. The zero-order valence-electron chi connectivity index (χ0n) is 16.8. The molecule has 6 heteroatoms. The third kappa shape index (κ3) is 4.47. The highest BCUT2D eigenvalue weighted by molar-refractivity contribution is 6.30. The van der Waals surface area contributed by atoms with E-state index < -0.39 is 0 Å². The van der Waals surface area contributed by atoms with E-state index >= 15 is 0 Å². The number of amides is 1. The van der Waals surface area contributed by atoms with Crippen molar-refractivity contribution < 1.29 is 4.79 Å². The summed E-state index contributed by atoms with van der Waals surface area (Å²) in [6, 6.07) is 11.7. The van der Waals surface area contributed by atoms with E-state index in [1.807, 2.05) is 50.5 Å². The van der Waals surface area contributed by atoms with Crippen molar-refractivity contribution in [3.8, 4) is 5.69 Å². The molecule has 148 valence electrons. The smallest absolute Gasteiger partial charge is 0.254 e. The van der Waals surface area contributed by atoms with Crippen LogP contribution in [0.4, 0.5) is 0 Å². The van der Waals surface area contributed by atoms with Crippen LogP contribution in [0.2, 0.25) is 5.02 Å². The van der Waals surface area contributed by atoms with Gasteiger partial charge in [-0.1, -0.05) is 31.5 Å². The first-order chi connectivity index (χ1) is 13.4. The average Bonchev–Trinajstić information content (AvgIpc) is 3.26. The minimum atomic E-state index is -0.0867. The lowest BCUT2D eigenvalue weighted by Crippen LogP contribution is -2.33. The van der Waals surface area contributed by atoms with Crippen LogP contribution in [0.3, 0.4) is 0 Å². The van der Waals surface area contributed by atoms with E-state index in [2.05, 4.69) is 34.9 Å². The van der Waals surface area contributed by atoms with Gasteiger partial charge in [0.1, 0.15) is 0 Å². The van der Waals surface area contributed by atoms with Crippen molar-refractivity contribution in [1.29, 1.82) is 0 Å². The van der Waals surface area contributed by atoms with E-state index in [1.54, 1.807) is 10.9 Å². The standard InChI is InChI=1S/C22H27ClN4O/c1-15(2)21-20(14-24-27(21)19-8-5-7-17(23)13-19)22(28)25-16(3)10-11-18-9-6-12-26(18)4/h5-9,12-16H,10-11H2,1-4H3,(H,25,28). The van der Waals surface area contributed by atoms with Crippen molar-refractivity contribution in [2.24, 2.45) is 7.05 Å². The summed E-state index contributed by atoms with van der Waals surface area (Å²) in [5.41, 5.74) is 3.61. The number of carbonyl (C=O) groups is 1. The molecular weight excluding hydrogens is 372 g/mol. The second-order valence-electron chi connectivity index (χ2n) is 7.51. The number of nitrogens with one attached hydrogen (secondary N) is 1. The molecular formula is C22H27ClN4O. The Labute approximate surface area is 171 Å². The van der Waals surface area contributed by atoms with Crippen molar-refractivity contribution in [3.05, 3.63) is 70.8 Å². The molecule has 0 spiro atoms. The number of carbonyl (C=O) groups excluding carboxylic acids is 1. The Morgan fingerprint density at radius 2 is 2.00 bits per heavy atom. The van der Waals surface area contributed by atoms with Gasteiger partial charge in [-0.3, -0.25) is 4.79 Å². The molecule has 1 aromatic carbocycles. The molecule has 3 aromatic rings. The monoisotopic (exact) mass is 398 g/mol. The summed E-state index contributed by atoms with van der Waals surface area (Å²) in [5.74, 6) is 0.0530. The van der Waals surface area contributed by atoms with Gasteiger partial charge >= 0.3 is 0 Å². The van der Waals surface area contributed by atoms with Crippen LogP contribution in [-0.4, -0.2) is 26.3 Å². The first-order valence-corrected chi connectivity index (χ1v) is 9.99. The molecule has 0 saturated heterocycles. The molecule has 0 fully saturated rings. The normalized spacial score (nSPS) is 12.4. The second kappa shape index (κ2) is 8.65. The zero-order valence-corrected chi connectivity index (χ0v) is 17.6. The Morgan fingerprint density at radius 1 is 1.21 bits per heavy atom. The lowest BCUT2D eigenvalue weighted by molar-refractivity contribution is 0.0937. The van der Waals surface area contributed by atoms with Crippen molar-refractivity contribution >= 4 is 17.5 Å². The van der Waals surface area contributed by atoms with Gasteiger partial charge in [0.15, 0.2) is 0 Å². The van der Waals surface area contributed by atoms with E-state index in [0.717, 1.165) is 24.2 Å². The Morgan fingerprint density at radius 3 is 2.64 bits per heavy atom. The maximum atomic E-state index is 12.9. The van der Waals surface area contributed by atoms with Crippen LogP contribution in [0.25, 0.3) is 5.69 Å². The highest BCUT2D eigenvalue weighted by atomic mass is 35.5. The van der Waals surface area contributed by atoms with E-state index in [9.17, 15) is 4.79 Å². The summed E-state index contributed by atoms with van der Waals surface area (Å²) < 4.78 is 3.92. The fourth-order valence-electron chi connectivity index (χ4n) is 3.40. The average molecular weight is 399 g/mol. The van der Waals surface area contributed by atoms with Gasteiger partial charge in [0, 0.05) is 30.0 Å². The van der Waals surface area contributed by atoms with Crippen LogP contribution in [0.15, 0.2) is 48.8 Å². The molecule has 1 amide bonds. The molecule has 28 heavy (non-hydrogen) atoms. The van der Waals surface area contributed by atoms with E-state index in [1.165, 1.54) is 5.69 Å². The lowest BCUT2D eigenvalue weighted by atomic mass is 10.0. The predicted molar refractivity (Wildman–Crippen MR) is 113 cm³/mol. The lowest BCUT2D eigenvalue weighted by Gasteiger charge is -2.16. The van der Waals surface area contributed by atoms with Gasteiger partial charge in [-0.25, -0.2) is 4.68 Å². The van der Waals surface area contributed by atoms with Gasteiger partial charge in [0.05, 0.1) is 23.1 Å². The fourth-order valence-corrected chi connectivity index (χ4v) is 3.58. The largest absolute Gasteiger partial charge is 0.354 e. The minimum Gasteiger partial charge on any atom is -0.354 e. The Balaban J connectivity index is 1.75. The summed E-state index contributed by atoms with van der Waals surface area (Å²) in [6.45, 7) is 6.17. The second-order valence-corrected chi connectivity index (χ2v) is 7.95. The molecule has 1 N–H and O–H groups in total. The van der Waals surface area contributed by atoms with E-state index in [0.29, 0.717) is 10.6 Å². The highest BCUT2D eigenvalue weighted by Crippen LogP contribution is 2.24. The summed E-state index contributed by atoms with van der Waals surface area (Å²) >= 11 is 6.13. The third-order valence-electron chi connectivity index (χ3n) is 4.91. The molecule has 3 rings (SSSR count). The summed E-state index contributed by atoms with van der Waals surface area (Å²) in [4.78, 5) is 12.9. The molecule has 1 unspecified atom stereocenters. The molecule has 1 atom stereocenters. The summed E-state index contributed by atoms with van der Waals surface area (Å²) in [5, 5.41) is 8.23. The molecule has 0 saturated carbocycles. The van der Waals surface area contributed by atoms with Crippen LogP contribution >= 0.6 is 11.6 Å². The number of benzene rings is 1. The van der Waals surface area contributed by atoms with Crippen LogP contribution < -0.4 is 5.32 Å². The van der Waals surface area contributed by atoms with Crippen molar-refractivity contribution in [3.63, 3.8) is 0 Å². The number of aromatic nitrogens is 3. The molecule has 0 radical (unpaired) electrons. The number of aryl methyl sites for hydroxylation is 2. The first kappa shape index (κ1) is 20.2. The first-order valence-electron chi connectivity index (χ1n) is 9.61. The number of rotatable bonds is 7. The molecule has 0 aliphatic carbocycles. The van der Waals surface area contributed by atoms with Crippen LogP contribution in [0, 0.1) is 0 Å². The molecule has 0 aliphatic rings. The van der Waals surface area contributed by atoms with Crippen LogP contribution in [-0.2, 0) is 13.5 Å². The minimum absolute atomic E-state index is 0.0666. The Bertz CT molecular complexity index is 957. The van der Waals surface area contributed by atoms with Gasteiger partial charge in [0.25, 0.3) is 5.91 Å². The summed E-state index contributed by atoms with van der Waals surface area (Å²) in [7, 11) is 2.04. The van der Waals surface area contributed by atoms with Gasteiger partial charge in [-0.15, -0.1) is 0 Å². The number of hydrogen-bond donors (Lipinski definition) is 1. The van der Waals surface area contributed by atoms with Gasteiger partial charge in [-0.05, 0) is 56.0 Å². The molecule has 0 bridgehead atoms. The maximum Gasteiger partial charge on any atom is 0.254 e. The van der Waals surface area contributed by atoms with Gasteiger partial charge in [0.2, 0.25) is 0 Å². The third-order valence-corrected chi connectivity index (χ3v) is 5.15. The van der Waals surface area contributed by atoms with Crippen molar-refractivity contribution in [2.45, 2.75) is 45.6 Å². The van der Waals surface area contributed by atoms with Crippen molar-refractivity contribution in [1.82, 2.24) is 19.7 Å². The van der Waals surface area contributed by atoms with Crippen molar-refractivity contribution in [2.75, 3.05) is 0 Å². The Kier molecular flexibility index (Phi) is 6.25. The van der Waals surface area contributed by atoms with Gasteiger partial charge in [-0.2, -0.15) is 5.10 Å². The SMILES string of the molecule is CC(CCc1cccn1C)NC(=O)c1cnn(-c2cccc(Cl)c2)c1C(C)C. The summed E-state index contributed by atoms with van der Waals surface area (Å²) in [6.07, 6.45) is 5.49. The predicted octanol–water partition coefficient (Wildman–Crippen LogP) is 4.74. The number of hydrogen-bond acceptors (Lipinski definition) is 2. The van der Waals surface area contributed by atoms with Crippen LogP contribution in [0.5, 0.6) is 0 Å². The fraction of sp³-hybridized carbons (Fsp3) is 0.364. The molecule has 0 aliphatic heterocycles. The topological polar surface area (TPSA) is 51.9 Å². The van der Waals surface area contributed by atoms with Gasteiger partial charge < -0.3 is 9.88 Å². The Hall–Kier alpha value is -2.53. The molecule has 2 aromatic heterocycles. The van der Waals surface area contributed by atoms with E-state index in [4.69, 9.17) is 11.6 Å². The highest BCUT2D eigenvalue weighted by Gasteiger charge is 2.22. The maximum absolute atomic E-state index is 12.9. The number of nitrogens with zero attached hydrogens (tertiary/aromatic N) is 3. The molecule has 5 nitrogen and oxygen atoms in total. The van der Waals surface area contributed by atoms with Crippen LogP contribution in [0.1, 0.15) is 54.9 Å². The number of halogens is 1.